The molecule has 0 saturated carbocycles. The summed E-state index contributed by atoms with van der Waals surface area (Å²) in [6.07, 6.45) is -6.51. The molecule has 3 aromatic rings. The molecule has 7 nitrogen and oxygen atoms in total. The van der Waals surface area contributed by atoms with Crippen molar-refractivity contribution in [2.24, 2.45) is 7.05 Å². The highest BCUT2D eigenvalue weighted by Gasteiger charge is 2.38. The molecule has 0 aliphatic carbocycles. The molecule has 0 amide bonds. The SMILES string of the molecule is Cc1cc(C)c2c(c1)C(N(Cc1cc(C(F)(F)F)cc(C(F)(F)F)c1)c1nnn(C)n1)CCCN2CC1CCCO1. The van der Waals surface area contributed by atoms with E-state index in [2.05, 4.69) is 26.4 Å². The van der Waals surface area contributed by atoms with Crippen molar-refractivity contribution in [2.45, 2.75) is 70.6 Å². The standard InChI is InChI=1S/C28H32F6N6O/c1-17-10-18(2)25-23(11-17)24(7-4-8-39(25)16-22-6-5-9-41-22)40(26-35-37-38(3)36-26)15-19-12-20(27(29,30)31)14-21(13-19)28(32,33)34/h10-14,22,24H,4-9,15-16H2,1-3H3. The quantitative estimate of drug-likeness (QED) is 0.314. The van der Waals surface area contributed by atoms with Gasteiger partial charge in [0.2, 0.25) is 0 Å². The van der Waals surface area contributed by atoms with Crippen LogP contribution < -0.4 is 9.80 Å². The van der Waals surface area contributed by atoms with Crippen molar-refractivity contribution in [1.29, 1.82) is 0 Å². The topological polar surface area (TPSA) is 59.3 Å². The predicted octanol–water partition coefficient (Wildman–Crippen LogP) is 6.39. The second-order valence-electron chi connectivity index (χ2n) is 10.9. The van der Waals surface area contributed by atoms with Gasteiger partial charge in [-0.05, 0) is 79.6 Å². The summed E-state index contributed by atoms with van der Waals surface area (Å²) in [5, 5.41) is 12.4. The lowest BCUT2D eigenvalue weighted by molar-refractivity contribution is -0.143. The van der Waals surface area contributed by atoms with Gasteiger partial charge in [-0.3, -0.25) is 0 Å². The van der Waals surface area contributed by atoms with E-state index >= 15 is 0 Å². The number of tetrazole rings is 1. The Labute approximate surface area is 234 Å². The van der Waals surface area contributed by atoms with Gasteiger partial charge in [-0.25, -0.2) is 0 Å². The number of nitrogens with zero attached hydrogens (tertiary/aromatic N) is 6. The molecule has 2 aromatic carbocycles. The third kappa shape index (κ3) is 6.44. The van der Waals surface area contributed by atoms with Crippen molar-refractivity contribution >= 4 is 11.6 Å². The number of alkyl halides is 6. The number of anilines is 2. The summed E-state index contributed by atoms with van der Waals surface area (Å²) in [4.78, 5) is 5.20. The molecule has 13 heteroatoms. The predicted molar refractivity (Wildman–Crippen MR) is 141 cm³/mol. The van der Waals surface area contributed by atoms with Crippen LogP contribution in [0.4, 0.5) is 38.0 Å². The van der Waals surface area contributed by atoms with Gasteiger partial charge in [-0.15, -0.1) is 5.10 Å². The molecular formula is C28H32F6N6O. The number of fused-ring (bicyclic) bond motifs is 1. The van der Waals surface area contributed by atoms with Gasteiger partial charge < -0.3 is 14.5 Å². The minimum atomic E-state index is -4.95. The number of ether oxygens (including phenoxy) is 1. The van der Waals surface area contributed by atoms with Crippen molar-refractivity contribution in [3.8, 4) is 0 Å². The number of halogens is 6. The Kier molecular flexibility index (Phi) is 7.92. The number of rotatable bonds is 6. The minimum absolute atomic E-state index is 0.101. The monoisotopic (exact) mass is 582 g/mol. The largest absolute Gasteiger partial charge is 0.416 e. The number of hydrogen-bond acceptors (Lipinski definition) is 6. The zero-order chi connectivity index (χ0) is 29.5. The molecule has 0 radical (unpaired) electrons. The molecule has 2 aliphatic heterocycles. The van der Waals surface area contributed by atoms with Crippen molar-refractivity contribution < 1.29 is 31.1 Å². The molecule has 2 aliphatic rings. The summed E-state index contributed by atoms with van der Waals surface area (Å²) in [5.74, 6) is 0.126. The normalized spacial score (nSPS) is 19.8. The zero-order valence-corrected chi connectivity index (χ0v) is 23.1. The highest BCUT2D eigenvalue weighted by Crippen LogP contribution is 2.42. The fourth-order valence-electron chi connectivity index (χ4n) is 5.98. The average molecular weight is 583 g/mol. The molecule has 0 spiro atoms. The lowest BCUT2D eigenvalue weighted by Crippen LogP contribution is -2.34. The highest BCUT2D eigenvalue weighted by atomic mass is 19.4. The first kappa shape index (κ1) is 29.2. The fraction of sp³-hybridized carbons (Fsp3) is 0.536. The van der Waals surface area contributed by atoms with E-state index in [0.29, 0.717) is 13.0 Å². The first-order valence-electron chi connectivity index (χ1n) is 13.6. The van der Waals surface area contributed by atoms with E-state index in [-0.39, 0.29) is 30.2 Å². The number of benzene rings is 2. The van der Waals surface area contributed by atoms with Crippen LogP contribution in [0, 0.1) is 13.8 Å². The van der Waals surface area contributed by atoms with Crippen molar-refractivity contribution in [1.82, 2.24) is 20.2 Å². The lowest BCUT2D eigenvalue weighted by atomic mass is 9.94. The molecular weight excluding hydrogens is 550 g/mol. The zero-order valence-electron chi connectivity index (χ0n) is 23.1. The number of hydrogen-bond donors (Lipinski definition) is 0. The summed E-state index contributed by atoms with van der Waals surface area (Å²) >= 11 is 0. The summed E-state index contributed by atoms with van der Waals surface area (Å²) in [7, 11) is 1.55. The lowest BCUT2D eigenvalue weighted by Gasteiger charge is -2.34. The Morgan fingerprint density at radius 2 is 1.66 bits per heavy atom. The first-order chi connectivity index (χ1) is 19.3. The van der Waals surface area contributed by atoms with Crippen LogP contribution in [0.25, 0.3) is 0 Å². The van der Waals surface area contributed by atoms with E-state index in [1.54, 1.807) is 11.9 Å². The van der Waals surface area contributed by atoms with E-state index in [9.17, 15) is 26.3 Å². The van der Waals surface area contributed by atoms with Gasteiger partial charge in [0.15, 0.2) is 0 Å². The maximum Gasteiger partial charge on any atom is 0.416 e. The second-order valence-corrected chi connectivity index (χ2v) is 10.9. The van der Waals surface area contributed by atoms with Crippen LogP contribution in [0.3, 0.4) is 0 Å². The summed E-state index contributed by atoms with van der Waals surface area (Å²) in [6, 6.07) is 5.37. The highest BCUT2D eigenvalue weighted by molar-refractivity contribution is 5.64. The van der Waals surface area contributed by atoms with Crippen LogP contribution in [0.1, 0.15) is 65.1 Å². The van der Waals surface area contributed by atoms with Gasteiger partial charge >= 0.3 is 12.4 Å². The average Bonchev–Trinajstić information content (AvgIpc) is 3.51. The summed E-state index contributed by atoms with van der Waals surface area (Å²) < 4.78 is 87.9. The van der Waals surface area contributed by atoms with Gasteiger partial charge in [-0.1, -0.05) is 22.8 Å². The molecule has 2 atom stereocenters. The number of aryl methyl sites for hydroxylation is 3. The van der Waals surface area contributed by atoms with Gasteiger partial charge in [0.05, 0.1) is 30.3 Å². The molecule has 3 heterocycles. The Morgan fingerprint density at radius 3 is 2.24 bits per heavy atom. The molecule has 5 rings (SSSR count). The van der Waals surface area contributed by atoms with Crippen molar-refractivity contribution in [3.63, 3.8) is 0 Å². The second kappa shape index (κ2) is 11.1. The molecule has 1 fully saturated rings. The van der Waals surface area contributed by atoms with Gasteiger partial charge in [0.1, 0.15) is 0 Å². The molecule has 0 N–H and O–H groups in total. The smallest absolute Gasteiger partial charge is 0.376 e. The van der Waals surface area contributed by atoms with E-state index in [1.807, 2.05) is 19.9 Å². The Morgan fingerprint density at radius 1 is 0.951 bits per heavy atom. The first-order valence-corrected chi connectivity index (χ1v) is 13.6. The fourth-order valence-corrected chi connectivity index (χ4v) is 5.98. The molecule has 0 bridgehead atoms. The van der Waals surface area contributed by atoms with Crippen LogP contribution in [0.2, 0.25) is 0 Å². The number of aromatic nitrogens is 4. The van der Waals surface area contributed by atoms with E-state index in [0.717, 1.165) is 66.9 Å². The van der Waals surface area contributed by atoms with E-state index < -0.39 is 29.5 Å². The summed E-state index contributed by atoms with van der Waals surface area (Å²) in [6.45, 7) is 5.87. The van der Waals surface area contributed by atoms with Crippen LogP contribution in [-0.2, 0) is 30.7 Å². The minimum Gasteiger partial charge on any atom is -0.376 e. The molecule has 1 saturated heterocycles. The van der Waals surface area contributed by atoms with Gasteiger partial charge in [0.25, 0.3) is 5.95 Å². The van der Waals surface area contributed by atoms with Gasteiger partial charge in [0, 0.05) is 31.9 Å². The van der Waals surface area contributed by atoms with Gasteiger partial charge in [-0.2, -0.15) is 31.1 Å². The Bertz CT molecular complexity index is 1350. The maximum atomic E-state index is 13.7. The molecule has 2 unspecified atom stereocenters. The van der Waals surface area contributed by atoms with E-state index in [4.69, 9.17) is 4.74 Å². The Hall–Kier alpha value is -3.35. The van der Waals surface area contributed by atoms with Crippen LogP contribution in [0.5, 0.6) is 0 Å². The summed E-state index contributed by atoms with van der Waals surface area (Å²) in [5.41, 5.74) is 1.10. The van der Waals surface area contributed by atoms with Crippen molar-refractivity contribution in [2.75, 3.05) is 29.5 Å². The van der Waals surface area contributed by atoms with Crippen LogP contribution in [0.15, 0.2) is 30.3 Å². The molecule has 222 valence electrons. The molecule has 1 aromatic heterocycles. The van der Waals surface area contributed by atoms with E-state index in [1.165, 1.54) is 4.80 Å². The van der Waals surface area contributed by atoms with Crippen LogP contribution >= 0.6 is 0 Å². The molecule has 41 heavy (non-hydrogen) atoms. The maximum absolute atomic E-state index is 13.7. The Balaban J connectivity index is 1.61. The third-order valence-corrected chi connectivity index (χ3v) is 7.63. The van der Waals surface area contributed by atoms with Crippen molar-refractivity contribution in [3.05, 3.63) is 63.7 Å². The van der Waals surface area contributed by atoms with Crippen LogP contribution in [-0.4, -0.2) is 46.0 Å². The third-order valence-electron chi connectivity index (χ3n) is 7.63.